The second-order valence-corrected chi connectivity index (χ2v) is 13.3. The van der Waals surface area contributed by atoms with E-state index < -0.39 is 24.4 Å². The SMILES string of the molecule is CC(C)[C@@H](C)[C@@H](O)[C@H](O)[C@@H](C)C1CC[C@H]2C3COC(=O)[C@H]4C[C@H](O)[C@H](O)C[C@]4(C)C3CC[C@]12C. The highest BCUT2D eigenvalue weighted by Gasteiger charge is 2.63. The maximum absolute atomic E-state index is 13.0. The Kier molecular flexibility index (Phi) is 7.23. The first kappa shape index (κ1) is 26.4. The molecule has 6 nitrogen and oxygen atoms in total. The Labute approximate surface area is 205 Å². The fourth-order valence-corrected chi connectivity index (χ4v) is 8.95. The third kappa shape index (κ3) is 4.05. The summed E-state index contributed by atoms with van der Waals surface area (Å²) >= 11 is 0. The van der Waals surface area contributed by atoms with Crippen molar-refractivity contribution in [3.63, 3.8) is 0 Å². The van der Waals surface area contributed by atoms with Crippen LogP contribution in [-0.4, -0.2) is 57.4 Å². The van der Waals surface area contributed by atoms with Crippen molar-refractivity contribution in [3.8, 4) is 0 Å². The molecule has 1 heterocycles. The summed E-state index contributed by atoms with van der Waals surface area (Å²) in [6.45, 7) is 13.2. The summed E-state index contributed by atoms with van der Waals surface area (Å²) in [6, 6.07) is 0. The number of carbonyl (C=O) groups is 1. The molecule has 4 N–H and O–H groups in total. The number of carbonyl (C=O) groups excluding carboxylic acids is 1. The second-order valence-electron chi connectivity index (χ2n) is 13.3. The first-order chi connectivity index (χ1) is 15.8. The molecule has 6 heteroatoms. The van der Waals surface area contributed by atoms with Gasteiger partial charge in [-0.3, -0.25) is 4.79 Å². The number of aliphatic hydroxyl groups is 4. The van der Waals surface area contributed by atoms with E-state index >= 15 is 0 Å². The minimum absolute atomic E-state index is 0.00827. The van der Waals surface area contributed by atoms with Crippen molar-refractivity contribution < 1.29 is 30.0 Å². The van der Waals surface area contributed by atoms with E-state index in [-0.39, 0.29) is 52.8 Å². The van der Waals surface area contributed by atoms with Gasteiger partial charge in [0.05, 0.1) is 36.9 Å². The van der Waals surface area contributed by atoms with Crippen molar-refractivity contribution in [3.05, 3.63) is 0 Å². The number of cyclic esters (lactones) is 1. The molecule has 3 aliphatic carbocycles. The molecule has 4 fully saturated rings. The van der Waals surface area contributed by atoms with E-state index in [2.05, 4.69) is 34.6 Å². The van der Waals surface area contributed by atoms with Crippen LogP contribution in [0.15, 0.2) is 0 Å². The first-order valence-corrected chi connectivity index (χ1v) is 13.7. The molecule has 0 bridgehead atoms. The van der Waals surface area contributed by atoms with Gasteiger partial charge in [0.1, 0.15) is 0 Å². The largest absolute Gasteiger partial charge is 0.465 e. The lowest BCUT2D eigenvalue weighted by atomic mass is 9.48. The van der Waals surface area contributed by atoms with Crippen LogP contribution in [-0.2, 0) is 9.53 Å². The second kappa shape index (κ2) is 9.32. The molecule has 0 amide bonds. The lowest BCUT2D eigenvalue weighted by Gasteiger charge is -2.56. The van der Waals surface area contributed by atoms with Gasteiger partial charge in [0.15, 0.2) is 0 Å². The van der Waals surface area contributed by atoms with E-state index in [9.17, 15) is 25.2 Å². The van der Waals surface area contributed by atoms with Crippen molar-refractivity contribution in [2.45, 2.75) is 104 Å². The number of aliphatic hydroxyl groups excluding tert-OH is 4. The van der Waals surface area contributed by atoms with Gasteiger partial charge in [0.2, 0.25) is 0 Å². The number of hydrogen-bond acceptors (Lipinski definition) is 6. The van der Waals surface area contributed by atoms with Crippen molar-refractivity contribution in [1.29, 1.82) is 0 Å². The average molecular weight is 481 g/mol. The molecule has 3 unspecified atom stereocenters. The maximum atomic E-state index is 13.0. The molecule has 196 valence electrons. The third-order valence-corrected chi connectivity index (χ3v) is 11.5. The Morgan fingerprint density at radius 3 is 2.21 bits per heavy atom. The zero-order chi connectivity index (χ0) is 25.2. The highest BCUT2D eigenvalue weighted by molar-refractivity contribution is 5.74. The molecule has 1 saturated heterocycles. The topological polar surface area (TPSA) is 107 Å². The van der Waals surface area contributed by atoms with Gasteiger partial charge >= 0.3 is 5.97 Å². The van der Waals surface area contributed by atoms with Crippen molar-refractivity contribution >= 4 is 5.97 Å². The van der Waals surface area contributed by atoms with Crippen LogP contribution in [0.2, 0.25) is 0 Å². The Morgan fingerprint density at radius 2 is 1.56 bits per heavy atom. The molecular formula is C28H48O6. The summed E-state index contributed by atoms with van der Waals surface area (Å²) in [7, 11) is 0. The van der Waals surface area contributed by atoms with Gasteiger partial charge in [-0.05, 0) is 90.8 Å². The molecule has 4 rings (SSSR count). The number of ether oxygens (including phenoxy) is 1. The molecule has 0 aromatic carbocycles. The average Bonchev–Trinajstić information content (AvgIpc) is 3.09. The predicted molar refractivity (Wildman–Crippen MR) is 130 cm³/mol. The first-order valence-electron chi connectivity index (χ1n) is 13.7. The molecule has 1 aliphatic heterocycles. The summed E-state index contributed by atoms with van der Waals surface area (Å²) in [5, 5.41) is 42.9. The van der Waals surface area contributed by atoms with Crippen LogP contribution in [0.1, 0.15) is 80.1 Å². The monoisotopic (exact) mass is 480 g/mol. The molecule has 0 aromatic heterocycles. The van der Waals surface area contributed by atoms with Crippen LogP contribution in [0.5, 0.6) is 0 Å². The van der Waals surface area contributed by atoms with E-state index in [0.29, 0.717) is 30.8 Å². The summed E-state index contributed by atoms with van der Waals surface area (Å²) < 4.78 is 5.86. The van der Waals surface area contributed by atoms with Gasteiger partial charge in [0.25, 0.3) is 0 Å². The number of hydrogen-bond donors (Lipinski definition) is 4. The van der Waals surface area contributed by atoms with Crippen LogP contribution >= 0.6 is 0 Å². The fraction of sp³-hybridized carbons (Fsp3) is 0.964. The summed E-state index contributed by atoms with van der Waals surface area (Å²) in [6.07, 6.45) is 1.61. The normalized spacial score (nSPS) is 48.1. The maximum Gasteiger partial charge on any atom is 0.309 e. The van der Waals surface area contributed by atoms with Gasteiger partial charge in [-0.25, -0.2) is 0 Å². The molecule has 34 heavy (non-hydrogen) atoms. The Balaban J connectivity index is 1.58. The van der Waals surface area contributed by atoms with Crippen molar-refractivity contribution in [2.75, 3.05) is 6.61 Å². The van der Waals surface area contributed by atoms with Crippen LogP contribution < -0.4 is 0 Å². The standard InChI is InChI=1S/C28H48O6/c1-14(2)15(3)24(31)25(32)16(4)18-7-8-19-17-13-34-26(33)21-11-22(29)23(30)12-28(21,6)20(17)9-10-27(18,19)5/h14-25,29-32H,7-13H2,1-6H3/t15-,16+,17?,18?,19+,20?,21-,22+,23-,24-,25-,27-,28-/m1/s1. The molecule has 4 aliphatic rings. The number of fused-ring (bicyclic) bond motifs is 5. The summed E-state index contributed by atoms with van der Waals surface area (Å²) in [5.41, 5.74) is -0.345. The predicted octanol–water partition coefficient (Wildman–Crippen LogP) is 3.39. The quantitative estimate of drug-likeness (QED) is 0.450. The highest BCUT2D eigenvalue weighted by Crippen LogP contribution is 2.66. The molecule has 13 atom stereocenters. The number of esters is 1. The van der Waals surface area contributed by atoms with Crippen LogP contribution in [0.3, 0.4) is 0 Å². The van der Waals surface area contributed by atoms with Crippen molar-refractivity contribution in [1.82, 2.24) is 0 Å². The van der Waals surface area contributed by atoms with Crippen LogP contribution in [0, 0.1) is 58.2 Å². The molecule has 3 saturated carbocycles. The summed E-state index contributed by atoms with van der Waals surface area (Å²) in [4.78, 5) is 13.0. The smallest absolute Gasteiger partial charge is 0.309 e. The molecule has 0 radical (unpaired) electrons. The van der Waals surface area contributed by atoms with Gasteiger partial charge in [-0.1, -0.05) is 41.5 Å². The van der Waals surface area contributed by atoms with Crippen molar-refractivity contribution in [2.24, 2.45) is 58.2 Å². The van der Waals surface area contributed by atoms with Gasteiger partial charge in [-0.2, -0.15) is 0 Å². The van der Waals surface area contributed by atoms with E-state index in [0.717, 1.165) is 25.7 Å². The highest BCUT2D eigenvalue weighted by atomic mass is 16.5. The van der Waals surface area contributed by atoms with Crippen LogP contribution in [0.25, 0.3) is 0 Å². The van der Waals surface area contributed by atoms with E-state index in [1.165, 1.54) is 0 Å². The molecule has 0 spiro atoms. The van der Waals surface area contributed by atoms with Crippen LogP contribution in [0.4, 0.5) is 0 Å². The number of rotatable bonds is 5. The van der Waals surface area contributed by atoms with E-state index in [1.54, 1.807) is 0 Å². The minimum Gasteiger partial charge on any atom is -0.465 e. The zero-order valence-electron chi connectivity index (χ0n) is 22.0. The van der Waals surface area contributed by atoms with E-state index in [1.807, 2.05) is 6.92 Å². The fourth-order valence-electron chi connectivity index (χ4n) is 8.95. The van der Waals surface area contributed by atoms with E-state index in [4.69, 9.17) is 4.74 Å². The van der Waals surface area contributed by atoms with Gasteiger partial charge in [-0.15, -0.1) is 0 Å². The summed E-state index contributed by atoms with van der Waals surface area (Å²) in [5.74, 6) is 0.948. The van der Waals surface area contributed by atoms with Gasteiger partial charge < -0.3 is 25.2 Å². The third-order valence-electron chi connectivity index (χ3n) is 11.5. The zero-order valence-corrected chi connectivity index (χ0v) is 22.0. The molecule has 0 aromatic rings. The molecular weight excluding hydrogens is 432 g/mol. The Hall–Kier alpha value is -0.690. The minimum atomic E-state index is -0.867. The lowest BCUT2D eigenvalue weighted by Crippen LogP contribution is -2.55. The Morgan fingerprint density at radius 1 is 0.912 bits per heavy atom. The lowest BCUT2D eigenvalue weighted by molar-refractivity contribution is -0.162. The van der Waals surface area contributed by atoms with Gasteiger partial charge in [0, 0.05) is 0 Å². The Bertz CT molecular complexity index is 755.